The summed E-state index contributed by atoms with van der Waals surface area (Å²) < 4.78 is 4.58. The SMILES string of the molecule is CCCCCCCC(=O)N[O-].CCCCCCCCCCCCCCCC[n+]1ccccc1.CCCCCCCCCCCCCCCC[n+]1ccccc1.[Cl-]. The van der Waals surface area contributed by atoms with Gasteiger partial charge in [-0.2, -0.15) is 0 Å². The van der Waals surface area contributed by atoms with Crippen LogP contribution >= 0.6 is 0 Å². The van der Waals surface area contributed by atoms with Gasteiger partial charge in [-0.05, 0) is 19.3 Å². The molecule has 1 amide bonds. The molecule has 326 valence electrons. The summed E-state index contributed by atoms with van der Waals surface area (Å²) in [6.45, 7) is 9.09. The summed E-state index contributed by atoms with van der Waals surface area (Å²) in [5.41, 5.74) is 1.37. The van der Waals surface area contributed by atoms with Crippen molar-refractivity contribution in [2.75, 3.05) is 0 Å². The van der Waals surface area contributed by atoms with E-state index in [1.807, 2.05) is 0 Å². The van der Waals surface area contributed by atoms with Crippen LogP contribution in [0.4, 0.5) is 0 Å². The number of nitrogens with one attached hydrogen (secondary N) is 1. The van der Waals surface area contributed by atoms with E-state index in [0.717, 1.165) is 12.8 Å². The Bertz CT molecular complexity index is 927. The lowest BCUT2D eigenvalue weighted by atomic mass is 10.0. The van der Waals surface area contributed by atoms with Gasteiger partial charge in [0.15, 0.2) is 24.8 Å². The van der Waals surface area contributed by atoms with Crippen LogP contribution in [0.25, 0.3) is 0 Å². The van der Waals surface area contributed by atoms with Crippen molar-refractivity contribution < 1.29 is 26.3 Å². The number of unbranched alkanes of at least 4 members (excludes halogenated alkanes) is 30. The molecule has 0 aromatic carbocycles. The van der Waals surface area contributed by atoms with Crippen molar-refractivity contribution in [3.05, 3.63) is 66.4 Å². The molecule has 0 fully saturated rings. The molecule has 0 spiro atoms. The molecule has 1 N–H and O–H groups in total. The fraction of sp³-hybridized carbons (Fsp3) is 0.780. The van der Waals surface area contributed by atoms with Gasteiger partial charge in [-0.25, -0.2) is 9.13 Å². The van der Waals surface area contributed by atoms with Gasteiger partial charge in [-0.15, -0.1) is 0 Å². The zero-order valence-electron chi connectivity index (χ0n) is 37.3. The summed E-state index contributed by atoms with van der Waals surface area (Å²) in [6.07, 6.45) is 54.7. The van der Waals surface area contributed by atoms with E-state index in [-0.39, 0.29) is 18.3 Å². The van der Waals surface area contributed by atoms with Crippen molar-refractivity contribution in [2.24, 2.45) is 0 Å². The molecule has 0 aliphatic rings. The maximum absolute atomic E-state index is 10.4. The lowest BCUT2D eigenvalue weighted by Gasteiger charge is -2.05. The summed E-state index contributed by atoms with van der Waals surface area (Å²) in [7, 11) is 0. The largest absolute Gasteiger partial charge is 1.00 e. The second kappa shape index (κ2) is 49.2. The molecule has 2 aromatic rings. The van der Waals surface area contributed by atoms with E-state index in [0.29, 0.717) is 6.42 Å². The molecule has 0 radical (unpaired) electrons. The number of pyridine rings is 2. The standard InChI is InChI=1S/2C21H38N.C8H16NO2.ClH/c2*1-2-3-4-5-6-7-8-9-10-11-12-13-14-16-19-22-20-17-15-18-21-22;1-2-3-4-5-6-7-8(10)9-11;/h2*15,17-18,20-21H,2-14,16,19H2,1H3;2-7H2,1H3,(H-,9,10,11);1H/q2*+1;-1;/p-1. The highest BCUT2D eigenvalue weighted by Crippen LogP contribution is 2.14. The van der Waals surface area contributed by atoms with E-state index in [4.69, 9.17) is 0 Å². The third-order valence-electron chi connectivity index (χ3n) is 10.7. The lowest BCUT2D eigenvalue weighted by Crippen LogP contribution is -3.00. The Labute approximate surface area is 355 Å². The lowest BCUT2D eigenvalue weighted by molar-refractivity contribution is -0.697. The maximum atomic E-state index is 10.4. The van der Waals surface area contributed by atoms with Crippen LogP contribution in [0.3, 0.4) is 0 Å². The van der Waals surface area contributed by atoms with Gasteiger partial charge >= 0.3 is 0 Å². The third kappa shape index (κ3) is 44.7. The highest BCUT2D eigenvalue weighted by molar-refractivity contribution is 5.76. The Morgan fingerprint density at radius 3 is 0.857 bits per heavy atom. The van der Waals surface area contributed by atoms with Gasteiger partial charge in [0, 0.05) is 43.5 Å². The van der Waals surface area contributed by atoms with Crippen molar-refractivity contribution >= 4 is 5.91 Å². The van der Waals surface area contributed by atoms with Crippen LogP contribution < -0.4 is 27.0 Å². The molecule has 2 heterocycles. The van der Waals surface area contributed by atoms with Gasteiger partial charge < -0.3 is 23.1 Å². The Hall–Kier alpha value is -1.98. The summed E-state index contributed by atoms with van der Waals surface area (Å²) in [6, 6.07) is 12.6. The number of hydrogen-bond acceptors (Lipinski definition) is 2. The van der Waals surface area contributed by atoms with Crippen LogP contribution in [0.1, 0.15) is 239 Å². The van der Waals surface area contributed by atoms with Crippen LogP contribution in [0.5, 0.6) is 0 Å². The Morgan fingerprint density at radius 1 is 0.375 bits per heavy atom. The van der Waals surface area contributed by atoms with E-state index in [1.54, 1.807) is 0 Å². The van der Waals surface area contributed by atoms with Crippen molar-refractivity contribution in [1.29, 1.82) is 0 Å². The van der Waals surface area contributed by atoms with E-state index in [9.17, 15) is 10.0 Å². The number of aromatic nitrogens is 2. The highest BCUT2D eigenvalue weighted by Gasteiger charge is 2.00. The number of carbonyl (C=O) groups is 1. The predicted octanol–water partition coefficient (Wildman–Crippen LogP) is 11.9. The summed E-state index contributed by atoms with van der Waals surface area (Å²) >= 11 is 0. The summed E-state index contributed by atoms with van der Waals surface area (Å²) in [5.74, 6) is -0.388. The molecule has 56 heavy (non-hydrogen) atoms. The second-order valence-corrected chi connectivity index (χ2v) is 16.1. The van der Waals surface area contributed by atoms with Crippen molar-refractivity contribution in [2.45, 2.75) is 252 Å². The van der Waals surface area contributed by atoms with Crippen molar-refractivity contribution in [1.82, 2.24) is 5.48 Å². The van der Waals surface area contributed by atoms with Gasteiger partial charge in [0.25, 0.3) is 0 Å². The van der Waals surface area contributed by atoms with E-state index in [1.165, 1.54) is 218 Å². The van der Waals surface area contributed by atoms with Crippen LogP contribution in [0, 0.1) is 5.21 Å². The molecular formula is C50H92ClN3O2. The zero-order valence-corrected chi connectivity index (χ0v) is 38.1. The maximum Gasteiger partial charge on any atom is 0.209 e. The van der Waals surface area contributed by atoms with E-state index >= 15 is 0 Å². The van der Waals surface area contributed by atoms with Crippen LogP contribution in [0.2, 0.25) is 0 Å². The molecule has 0 bridgehead atoms. The minimum Gasteiger partial charge on any atom is -1.00 e. The van der Waals surface area contributed by atoms with Gasteiger partial charge in [-0.3, -0.25) is 4.79 Å². The third-order valence-corrected chi connectivity index (χ3v) is 10.7. The first kappa shape index (κ1) is 56.1. The topological polar surface area (TPSA) is 59.9 Å². The number of carbonyl (C=O) groups excluding carboxylic acids is 1. The fourth-order valence-corrected chi connectivity index (χ4v) is 7.08. The molecule has 2 rings (SSSR count). The van der Waals surface area contributed by atoms with Crippen LogP contribution in [-0.4, -0.2) is 5.91 Å². The summed E-state index contributed by atoms with van der Waals surface area (Å²) in [4.78, 5) is 10.4. The molecule has 2 aromatic heterocycles. The second-order valence-electron chi connectivity index (χ2n) is 16.1. The first-order valence-electron chi connectivity index (χ1n) is 24.0. The Morgan fingerprint density at radius 2 is 0.607 bits per heavy atom. The molecule has 0 saturated heterocycles. The van der Waals surface area contributed by atoms with Gasteiger partial charge in [0.05, 0.1) is 0 Å². The zero-order chi connectivity index (χ0) is 40.0. The average Bonchev–Trinajstić information content (AvgIpc) is 3.22. The minimum atomic E-state index is -0.388. The molecular weight excluding hydrogens is 710 g/mol. The number of rotatable bonds is 36. The average molecular weight is 803 g/mol. The molecule has 0 atom stereocenters. The van der Waals surface area contributed by atoms with Gasteiger partial charge in [0.1, 0.15) is 13.1 Å². The molecule has 5 nitrogen and oxygen atoms in total. The Balaban J connectivity index is 0. The number of hydrogen-bond donors (Lipinski definition) is 1. The highest BCUT2D eigenvalue weighted by atomic mass is 35.5. The number of nitrogens with zero attached hydrogens (tertiary/aromatic N) is 2. The number of hydroxylamine groups is 1. The first-order valence-corrected chi connectivity index (χ1v) is 24.0. The Kier molecular flexibility index (Phi) is 49.3. The minimum absolute atomic E-state index is 0. The molecule has 0 unspecified atom stereocenters. The number of amides is 1. The molecule has 0 aliphatic carbocycles. The smallest absolute Gasteiger partial charge is 0.209 e. The van der Waals surface area contributed by atoms with E-state index in [2.05, 4.69) is 91.1 Å². The van der Waals surface area contributed by atoms with Gasteiger partial charge in [-0.1, -0.05) is 213 Å². The van der Waals surface area contributed by atoms with Crippen LogP contribution in [0.15, 0.2) is 61.2 Å². The molecule has 0 saturated carbocycles. The number of aryl methyl sites for hydroxylation is 2. The quantitative estimate of drug-likeness (QED) is 0.0424. The van der Waals surface area contributed by atoms with Gasteiger partial charge in [0.2, 0.25) is 5.91 Å². The normalized spacial score (nSPS) is 10.5. The summed E-state index contributed by atoms with van der Waals surface area (Å²) in [5, 5.41) is 9.75. The first-order chi connectivity index (χ1) is 27.2. The van der Waals surface area contributed by atoms with Crippen molar-refractivity contribution in [3.8, 4) is 0 Å². The van der Waals surface area contributed by atoms with Crippen LogP contribution in [-0.2, 0) is 17.9 Å². The predicted molar refractivity (Wildman–Crippen MR) is 239 cm³/mol. The van der Waals surface area contributed by atoms with Crippen molar-refractivity contribution in [3.63, 3.8) is 0 Å². The van der Waals surface area contributed by atoms with E-state index < -0.39 is 0 Å². The fourth-order valence-electron chi connectivity index (χ4n) is 7.08. The monoisotopic (exact) mass is 802 g/mol. The molecule has 0 aliphatic heterocycles. The molecule has 6 heteroatoms. The number of halogens is 1.